The first-order chi connectivity index (χ1) is 9.56. The third-order valence-electron chi connectivity index (χ3n) is 2.50. The quantitative estimate of drug-likeness (QED) is 0.872. The lowest BCUT2D eigenvalue weighted by molar-refractivity contribution is 0.102. The monoisotopic (exact) mass is 290 g/mol. The smallest absolute Gasteiger partial charge is 0.255 e. The number of carbonyl (C=O) groups excluding carboxylic acids is 1. The Labute approximate surface area is 122 Å². The molecule has 1 aromatic carbocycles. The zero-order chi connectivity index (χ0) is 14.5. The summed E-state index contributed by atoms with van der Waals surface area (Å²) in [5.41, 5.74) is 1.02. The van der Waals surface area contributed by atoms with Crippen molar-refractivity contribution in [3.05, 3.63) is 53.3 Å². The van der Waals surface area contributed by atoms with E-state index in [1.807, 2.05) is 13.8 Å². The van der Waals surface area contributed by atoms with Crippen LogP contribution in [0.5, 0.6) is 5.75 Å². The summed E-state index contributed by atoms with van der Waals surface area (Å²) in [6.07, 6.45) is 1.67. The minimum absolute atomic E-state index is 0.101. The van der Waals surface area contributed by atoms with Crippen LogP contribution in [0.1, 0.15) is 24.2 Å². The number of amides is 1. The standard InChI is InChI=1S/C15H15ClN2O2/c1-10(2)20-12-7-5-11(6-8-12)15(19)18-13-4-3-9-17-14(13)16/h3-10H,1-2H3,(H,18,19). The summed E-state index contributed by atoms with van der Waals surface area (Å²) < 4.78 is 5.52. The predicted molar refractivity (Wildman–Crippen MR) is 79.4 cm³/mol. The molecule has 1 heterocycles. The first-order valence-corrected chi connectivity index (χ1v) is 6.62. The maximum absolute atomic E-state index is 12.1. The van der Waals surface area contributed by atoms with Gasteiger partial charge in [0.2, 0.25) is 0 Å². The molecule has 0 radical (unpaired) electrons. The maximum atomic E-state index is 12.1. The van der Waals surface area contributed by atoms with E-state index in [4.69, 9.17) is 16.3 Å². The van der Waals surface area contributed by atoms with E-state index in [1.54, 1.807) is 42.6 Å². The lowest BCUT2D eigenvalue weighted by Gasteiger charge is -2.10. The molecule has 0 aliphatic heterocycles. The van der Waals surface area contributed by atoms with Crippen LogP contribution in [0.3, 0.4) is 0 Å². The number of nitrogens with one attached hydrogen (secondary N) is 1. The molecule has 104 valence electrons. The maximum Gasteiger partial charge on any atom is 0.255 e. The average molecular weight is 291 g/mol. The summed E-state index contributed by atoms with van der Waals surface area (Å²) >= 11 is 5.89. The molecule has 1 amide bonds. The summed E-state index contributed by atoms with van der Waals surface area (Å²) in [6.45, 7) is 3.90. The van der Waals surface area contributed by atoms with Gasteiger partial charge in [-0.05, 0) is 50.2 Å². The van der Waals surface area contributed by atoms with Crippen molar-refractivity contribution in [2.75, 3.05) is 5.32 Å². The van der Waals surface area contributed by atoms with Crippen LogP contribution in [-0.4, -0.2) is 17.0 Å². The van der Waals surface area contributed by atoms with Gasteiger partial charge in [0.05, 0.1) is 11.8 Å². The number of nitrogens with zero attached hydrogens (tertiary/aromatic N) is 1. The van der Waals surface area contributed by atoms with Gasteiger partial charge in [-0.2, -0.15) is 0 Å². The Morgan fingerprint density at radius 1 is 1.25 bits per heavy atom. The highest BCUT2D eigenvalue weighted by Crippen LogP contribution is 2.19. The normalized spacial score (nSPS) is 10.4. The van der Waals surface area contributed by atoms with E-state index in [9.17, 15) is 4.79 Å². The Hall–Kier alpha value is -2.07. The van der Waals surface area contributed by atoms with Crippen molar-refractivity contribution >= 4 is 23.2 Å². The van der Waals surface area contributed by atoms with Gasteiger partial charge in [-0.15, -0.1) is 0 Å². The molecule has 0 fully saturated rings. The van der Waals surface area contributed by atoms with Crippen LogP contribution in [0, 0.1) is 0 Å². The number of carbonyl (C=O) groups is 1. The summed E-state index contributed by atoms with van der Waals surface area (Å²) in [7, 11) is 0. The highest BCUT2D eigenvalue weighted by atomic mass is 35.5. The molecule has 20 heavy (non-hydrogen) atoms. The predicted octanol–water partition coefficient (Wildman–Crippen LogP) is 3.77. The zero-order valence-electron chi connectivity index (χ0n) is 11.3. The van der Waals surface area contributed by atoms with Crippen molar-refractivity contribution in [1.82, 2.24) is 4.98 Å². The molecule has 5 heteroatoms. The van der Waals surface area contributed by atoms with Crippen molar-refractivity contribution in [2.45, 2.75) is 20.0 Å². The van der Waals surface area contributed by atoms with Crippen molar-refractivity contribution < 1.29 is 9.53 Å². The first kappa shape index (κ1) is 14.3. The molecular formula is C15H15ClN2O2. The molecule has 0 aliphatic carbocycles. The van der Waals surface area contributed by atoms with Crippen LogP contribution in [0.15, 0.2) is 42.6 Å². The van der Waals surface area contributed by atoms with E-state index in [2.05, 4.69) is 10.3 Å². The molecule has 2 aromatic rings. The first-order valence-electron chi connectivity index (χ1n) is 6.25. The number of aromatic nitrogens is 1. The van der Waals surface area contributed by atoms with Gasteiger partial charge in [0.15, 0.2) is 5.15 Å². The molecule has 0 bridgehead atoms. The van der Waals surface area contributed by atoms with Crippen LogP contribution in [0.25, 0.3) is 0 Å². The van der Waals surface area contributed by atoms with Crippen molar-refractivity contribution in [3.63, 3.8) is 0 Å². The summed E-state index contributed by atoms with van der Waals surface area (Å²) in [5.74, 6) is 0.493. The topological polar surface area (TPSA) is 51.2 Å². The van der Waals surface area contributed by atoms with Crippen LogP contribution in [-0.2, 0) is 0 Å². The van der Waals surface area contributed by atoms with E-state index in [1.165, 1.54) is 0 Å². The molecular weight excluding hydrogens is 276 g/mol. The number of hydrogen-bond donors (Lipinski definition) is 1. The van der Waals surface area contributed by atoms with E-state index in [0.29, 0.717) is 11.3 Å². The molecule has 0 saturated heterocycles. The van der Waals surface area contributed by atoms with E-state index in [0.717, 1.165) is 5.75 Å². The molecule has 0 saturated carbocycles. The lowest BCUT2D eigenvalue weighted by atomic mass is 10.2. The fourth-order valence-corrected chi connectivity index (χ4v) is 1.80. The molecule has 1 aromatic heterocycles. The van der Waals surface area contributed by atoms with E-state index < -0.39 is 0 Å². The zero-order valence-corrected chi connectivity index (χ0v) is 12.0. The van der Waals surface area contributed by atoms with Crippen molar-refractivity contribution in [2.24, 2.45) is 0 Å². The second-order valence-electron chi connectivity index (χ2n) is 4.49. The van der Waals surface area contributed by atoms with E-state index in [-0.39, 0.29) is 17.2 Å². The molecule has 0 atom stereocenters. The number of ether oxygens (including phenoxy) is 1. The number of rotatable bonds is 4. The third kappa shape index (κ3) is 3.71. The van der Waals surface area contributed by atoms with Crippen molar-refractivity contribution in [3.8, 4) is 5.75 Å². The van der Waals surface area contributed by atoms with Gasteiger partial charge >= 0.3 is 0 Å². The summed E-state index contributed by atoms with van der Waals surface area (Å²) in [6, 6.07) is 10.3. The Balaban J connectivity index is 2.08. The SMILES string of the molecule is CC(C)Oc1ccc(C(=O)Nc2cccnc2Cl)cc1. The Morgan fingerprint density at radius 3 is 2.55 bits per heavy atom. The highest BCUT2D eigenvalue weighted by Gasteiger charge is 2.09. The van der Waals surface area contributed by atoms with Crippen LogP contribution >= 0.6 is 11.6 Å². The molecule has 2 rings (SSSR count). The lowest BCUT2D eigenvalue weighted by Crippen LogP contribution is -2.12. The molecule has 0 spiro atoms. The summed E-state index contributed by atoms with van der Waals surface area (Å²) in [5, 5.41) is 2.98. The number of pyridine rings is 1. The molecule has 4 nitrogen and oxygen atoms in total. The fraction of sp³-hybridized carbons (Fsp3) is 0.200. The molecule has 0 aliphatic rings. The van der Waals surface area contributed by atoms with Gasteiger partial charge in [0.1, 0.15) is 5.75 Å². The number of benzene rings is 1. The Morgan fingerprint density at radius 2 is 1.95 bits per heavy atom. The number of hydrogen-bond acceptors (Lipinski definition) is 3. The molecule has 1 N–H and O–H groups in total. The van der Waals surface area contributed by atoms with E-state index >= 15 is 0 Å². The second kappa shape index (κ2) is 6.39. The van der Waals surface area contributed by atoms with Gasteiger partial charge in [-0.25, -0.2) is 4.98 Å². The van der Waals surface area contributed by atoms with Gasteiger partial charge in [-0.3, -0.25) is 4.79 Å². The minimum Gasteiger partial charge on any atom is -0.491 e. The van der Waals surface area contributed by atoms with Gasteiger partial charge in [0, 0.05) is 11.8 Å². The van der Waals surface area contributed by atoms with Crippen LogP contribution in [0.4, 0.5) is 5.69 Å². The largest absolute Gasteiger partial charge is 0.491 e. The fourth-order valence-electron chi connectivity index (χ4n) is 1.63. The Kier molecular flexibility index (Phi) is 4.58. The van der Waals surface area contributed by atoms with Gasteiger partial charge in [0.25, 0.3) is 5.91 Å². The average Bonchev–Trinajstić information content (AvgIpc) is 2.41. The summed E-state index contributed by atoms with van der Waals surface area (Å²) in [4.78, 5) is 16.0. The van der Waals surface area contributed by atoms with Gasteiger partial charge < -0.3 is 10.1 Å². The van der Waals surface area contributed by atoms with Gasteiger partial charge in [-0.1, -0.05) is 11.6 Å². The van der Waals surface area contributed by atoms with Crippen molar-refractivity contribution in [1.29, 1.82) is 0 Å². The number of halogens is 1. The number of anilines is 1. The minimum atomic E-state index is -0.240. The molecule has 0 unspecified atom stereocenters. The Bertz CT molecular complexity index is 597. The third-order valence-corrected chi connectivity index (χ3v) is 2.80. The van der Waals surface area contributed by atoms with Crippen LogP contribution in [0.2, 0.25) is 5.15 Å². The van der Waals surface area contributed by atoms with Crippen LogP contribution < -0.4 is 10.1 Å². The second-order valence-corrected chi connectivity index (χ2v) is 4.84. The highest BCUT2D eigenvalue weighted by molar-refractivity contribution is 6.32.